The number of rotatable bonds is 4. The van der Waals surface area contributed by atoms with Crippen molar-refractivity contribution in [3.05, 3.63) is 35.6 Å². The molecule has 0 radical (unpaired) electrons. The van der Waals surface area contributed by atoms with E-state index in [4.69, 9.17) is 0 Å². The second kappa shape index (κ2) is 6.19. The first-order valence-corrected chi connectivity index (χ1v) is 7.33. The van der Waals surface area contributed by atoms with E-state index in [2.05, 4.69) is 13.0 Å². The Kier molecular flexibility index (Phi) is 4.58. The molecule has 2 rings (SSSR count). The fraction of sp³-hybridized carbons (Fsp3) is 0.588. The van der Waals surface area contributed by atoms with Crippen molar-refractivity contribution < 1.29 is 4.39 Å². The van der Waals surface area contributed by atoms with E-state index in [1.165, 1.54) is 37.8 Å². The molecular formula is C17H22FN. The third-order valence-corrected chi connectivity index (χ3v) is 4.45. The van der Waals surface area contributed by atoms with Crippen LogP contribution < -0.4 is 0 Å². The van der Waals surface area contributed by atoms with Gasteiger partial charge in [0.15, 0.2) is 0 Å². The first kappa shape index (κ1) is 14.1. The van der Waals surface area contributed by atoms with Crippen LogP contribution in [0.1, 0.15) is 51.0 Å². The minimum Gasteiger partial charge on any atom is -0.207 e. The van der Waals surface area contributed by atoms with Crippen molar-refractivity contribution in [3.8, 4) is 6.07 Å². The minimum absolute atomic E-state index is 0.207. The summed E-state index contributed by atoms with van der Waals surface area (Å²) in [5.41, 5.74) is 0.860. The van der Waals surface area contributed by atoms with Crippen molar-refractivity contribution in [2.75, 3.05) is 0 Å². The highest BCUT2D eigenvalue weighted by Gasteiger charge is 2.35. The van der Waals surface area contributed by atoms with Gasteiger partial charge in [-0.15, -0.1) is 0 Å². The average Bonchev–Trinajstić information content (AvgIpc) is 2.44. The number of hydrogen-bond donors (Lipinski definition) is 0. The van der Waals surface area contributed by atoms with Crippen LogP contribution in [0.4, 0.5) is 4.39 Å². The molecule has 0 aromatic heterocycles. The predicted molar refractivity (Wildman–Crippen MR) is 75.0 cm³/mol. The van der Waals surface area contributed by atoms with Crippen molar-refractivity contribution >= 4 is 0 Å². The minimum atomic E-state index is -0.220. The van der Waals surface area contributed by atoms with Gasteiger partial charge < -0.3 is 0 Å². The summed E-state index contributed by atoms with van der Waals surface area (Å²) in [6, 6.07) is 9.15. The van der Waals surface area contributed by atoms with Gasteiger partial charge >= 0.3 is 0 Å². The zero-order chi connectivity index (χ0) is 13.7. The fourth-order valence-corrected chi connectivity index (χ4v) is 3.25. The van der Waals surface area contributed by atoms with E-state index in [-0.39, 0.29) is 11.2 Å². The number of benzene rings is 1. The smallest absolute Gasteiger partial charge is 0.123 e. The Bertz CT molecular complexity index is 435. The number of nitriles is 1. The maximum atomic E-state index is 12.9. The summed E-state index contributed by atoms with van der Waals surface area (Å²) in [6.07, 6.45) is 7.62. The van der Waals surface area contributed by atoms with Crippen LogP contribution in [0.5, 0.6) is 0 Å². The van der Waals surface area contributed by atoms with Crippen LogP contribution >= 0.6 is 0 Å². The average molecular weight is 259 g/mol. The summed E-state index contributed by atoms with van der Waals surface area (Å²) >= 11 is 0. The summed E-state index contributed by atoms with van der Waals surface area (Å²) in [5.74, 6) is 0.598. The third kappa shape index (κ3) is 3.56. The van der Waals surface area contributed by atoms with Gasteiger partial charge in [0.25, 0.3) is 0 Å². The maximum absolute atomic E-state index is 12.9. The van der Waals surface area contributed by atoms with Crippen LogP contribution in [0, 0.1) is 28.5 Å². The van der Waals surface area contributed by atoms with Crippen LogP contribution in [0.15, 0.2) is 24.3 Å². The second-order valence-electron chi connectivity index (χ2n) is 5.93. The van der Waals surface area contributed by atoms with Gasteiger partial charge in [-0.25, -0.2) is 4.39 Å². The van der Waals surface area contributed by atoms with Crippen molar-refractivity contribution in [3.63, 3.8) is 0 Å². The van der Waals surface area contributed by atoms with E-state index >= 15 is 0 Å². The molecule has 1 nitrogen and oxygen atoms in total. The van der Waals surface area contributed by atoms with E-state index in [0.717, 1.165) is 30.7 Å². The Morgan fingerprint density at radius 3 is 2.42 bits per heavy atom. The highest BCUT2D eigenvalue weighted by atomic mass is 19.1. The van der Waals surface area contributed by atoms with Crippen molar-refractivity contribution in [2.45, 2.75) is 51.9 Å². The number of hydrogen-bond acceptors (Lipinski definition) is 1. The molecule has 1 aliphatic carbocycles. The standard InChI is InChI=1S/C17H22FN/c1-2-3-14-8-10-17(13-19,11-9-14)12-15-4-6-16(18)7-5-15/h4-7,14H,2-3,8-12H2,1H3. The van der Waals surface area contributed by atoms with E-state index in [1.54, 1.807) is 0 Å². The number of nitrogens with zero attached hydrogens (tertiary/aromatic N) is 1. The normalized spacial score (nSPS) is 26.9. The van der Waals surface area contributed by atoms with Crippen LogP contribution in [0.2, 0.25) is 0 Å². The summed E-state index contributed by atoms with van der Waals surface area (Å²) in [7, 11) is 0. The molecule has 1 saturated carbocycles. The molecule has 19 heavy (non-hydrogen) atoms. The first-order valence-electron chi connectivity index (χ1n) is 7.33. The molecule has 0 spiro atoms. The molecule has 0 heterocycles. The molecule has 1 aliphatic rings. The van der Waals surface area contributed by atoms with Crippen molar-refractivity contribution in [1.82, 2.24) is 0 Å². The monoisotopic (exact) mass is 259 g/mol. The van der Waals surface area contributed by atoms with E-state index in [9.17, 15) is 9.65 Å². The van der Waals surface area contributed by atoms with Crippen molar-refractivity contribution in [2.24, 2.45) is 11.3 Å². The van der Waals surface area contributed by atoms with Crippen LogP contribution in [-0.2, 0) is 6.42 Å². The molecule has 0 aliphatic heterocycles. The predicted octanol–water partition coefficient (Wildman–Crippen LogP) is 4.87. The molecule has 1 aromatic carbocycles. The zero-order valence-corrected chi connectivity index (χ0v) is 11.7. The third-order valence-electron chi connectivity index (χ3n) is 4.45. The van der Waals surface area contributed by atoms with Gasteiger partial charge in [0.2, 0.25) is 0 Å². The van der Waals surface area contributed by atoms with Gasteiger partial charge in [-0.3, -0.25) is 0 Å². The quantitative estimate of drug-likeness (QED) is 0.756. The zero-order valence-electron chi connectivity index (χ0n) is 11.7. The lowest BCUT2D eigenvalue weighted by Crippen LogP contribution is -2.28. The Labute approximate surface area is 115 Å². The molecule has 0 atom stereocenters. The van der Waals surface area contributed by atoms with Gasteiger partial charge in [0.05, 0.1) is 11.5 Å². The Balaban J connectivity index is 2.01. The highest BCUT2D eigenvalue weighted by Crippen LogP contribution is 2.42. The fourth-order valence-electron chi connectivity index (χ4n) is 3.25. The van der Waals surface area contributed by atoms with Gasteiger partial charge in [-0.05, 0) is 55.7 Å². The molecular weight excluding hydrogens is 237 g/mol. The molecule has 0 unspecified atom stereocenters. The van der Waals surface area contributed by atoms with E-state index in [1.807, 2.05) is 12.1 Å². The maximum Gasteiger partial charge on any atom is 0.123 e. The van der Waals surface area contributed by atoms with Crippen LogP contribution in [0.25, 0.3) is 0 Å². The summed E-state index contributed by atoms with van der Waals surface area (Å²) < 4.78 is 12.9. The summed E-state index contributed by atoms with van der Waals surface area (Å²) in [5, 5.41) is 9.55. The van der Waals surface area contributed by atoms with E-state index < -0.39 is 0 Å². The van der Waals surface area contributed by atoms with E-state index in [0.29, 0.717) is 0 Å². The molecule has 0 bridgehead atoms. The largest absolute Gasteiger partial charge is 0.207 e. The lowest BCUT2D eigenvalue weighted by atomic mass is 9.67. The van der Waals surface area contributed by atoms with Gasteiger partial charge in [0.1, 0.15) is 5.82 Å². The Morgan fingerprint density at radius 2 is 1.89 bits per heavy atom. The molecule has 2 heteroatoms. The second-order valence-corrected chi connectivity index (χ2v) is 5.93. The summed E-state index contributed by atoms with van der Waals surface area (Å²) in [4.78, 5) is 0. The van der Waals surface area contributed by atoms with Gasteiger partial charge in [-0.2, -0.15) is 5.26 Å². The molecule has 0 N–H and O–H groups in total. The van der Waals surface area contributed by atoms with Gasteiger partial charge in [-0.1, -0.05) is 31.9 Å². The Morgan fingerprint density at radius 1 is 1.26 bits per heavy atom. The van der Waals surface area contributed by atoms with Crippen LogP contribution in [0.3, 0.4) is 0 Å². The van der Waals surface area contributed by atoms with Crippen molar-refractivity contribution in [1.29, 1.82) is 5.26 Å². The van der Waals surface area contributed by atoms with Crippen LogP contribution in [-0.4, -0.2) is 0 Å². The molecule has 0 amide bonds. The summed E-state index contributed by atoms with van der Waals surface area (Å²) in [6.45, 7) is 2.23. The molecule has 1 fully saturated rings. The molecule has 0 saturated heterocycles. The van der Waals surface area contributed by atoms with Gasteiger partial charge in [0, 0.05) is 0 Å². The number of halogens is 1. The first-order chi connectivity index (χ1) is 9.17. The Hall–Kier alpha value is -1.36. The highest BCUT2D eigenvalue weighted by molar-refractivity contribution is 5.20. The topological polar surface area (TPSA) is 23.8 Å². The lowest BCUT2D eigenvalue weighted by molar-refractivity contribution is 0.200. The molecule has 1 aromatic rings. The SMILES string of the molecule is CCCC1CCC(C#N)(Cc2ccc(F)cc2)CC1. The molecule has 102 valence electrons. The lowest BCUT2D eigenvalue weighted by Gasteiger charge is -2.35.